The number of anilines is 2. The van der Waals surface area contributed by atoms with Crippen LogP contribution in [0.4, 0.5) is 11.4 Å². The summed E-state index contributed by atoms with van der Waals surface area (Å²) in [4.78, 5) is 24.5. The van der Waals surface area contributed by atoms with Crippen molar-refractivity contribution in [2.24, 2.45) is 10.8 Å². The number of hydrogen-bond donors (Lipinski definition) is 2. The zero-order valence-corrected chi connectivity index (χ0v) is 17.8. The van der Waals surface area contributed by atoms with Gasteiger partial charge in [0.25, 0.3) is 0 Å². The molecule has 2 N–H and O–H groups in total. The molecule has 0 fully saturated rings. The van der Waals surface area contributed by atoms with Gasteiger partial charge in [0.2, 0.25) is 11.8 Å². The van der Waals surface area contributed by atoms with Gasteiger partial charge in [0, 0.05) is 10.8 Å². The van der Waals surface area contributed by atoms with Crippen molar-refractivity contribution < 1.29 is 18.9 Å². The van der Waals surface area contributed by atoms with E-state index in [2.05, 4.69) is 10.6 Å². The number of para-hydroxylation sites is 4. The Kier molecular flexibility index (Phi) is 6.95. The Hall–Kier alpha value is -2.96. The smallest absolute Gasteiger partial charge is 0.525 e. The molecule has 0 aromatic heterocycles. The van der Waals surface area contributed by atoms with Crippen LogP contribution in [0.1, 0.15) is 41.5 Å². The van der Waals surface area contributed by atoms with E-state index in [9.17, 15) is 9.59 Å². The zero-order chi connectivity index (χ0) is 21.7. The van der Waals surface area contributed by atoms with E-state index in [4.69, 9.17) is 9.31 Å². The lowest BCUT2D eigenvalue weighted by Gasteiger charge is -2.20. The first kappa shape index (κ1) is 22.3. The average molecular weight is 395 g/mol. The van der Waals surface area contributed by atoms with Crippen molar-refractivity contribution in [2.75, 3.05) is 10.6 Å². The molecule has 0 spiro atoms. The van der Waals surface area contributed by atoms with Crippen molar-refractivity contribution >= 4 is 30.9 Å². The quantitative estimate of drug-likeness (QED) is 0.699. The monoisotopic (exact) mass is 395 g/mol. The highest BCUT2D eigenvalue weighted by Gasteiger charge is 2.23. The molecule has 29 heavy (non-hydrogen) atoms. The molecule has 0 bridgehead atoms. The molecule has 2 aromatic rings. The zero-order valence-electron chi connectivity index (χ0n) is 17.8. The lowest BCUT2D eigenvalue weighted by molar-refractivity contribution is -0.123. The first-order chi connectivity index (χ1) is 13.5. The summed E-state index contributed by atoms with van der Waals surface area (Å²) in [5.74, 6) is 0.650. The maximum Gasteiger partial charge on any atom is 0.658 e. The normalized spacial score (nSPS) is 11.4. The minimum absolute atomic E-state index is 0.121. The molecule has 7 heteroatoms. The van der Waals surface area contributed by atoms with Crippen LogP contribution in [-0.4, -0.2) is 19.5 Å². The molecule has 2 rings (SSSR count). The Bertz CT molecular complexity index is 798. The van der Waals surface area contributed by atoms with Crippen LogP contribution < -0.4 is 19.9 Å². The third-order valence-electron chi connectivity index (χ3n) is 3.98. The highest BCUT2D eigenvalue weighted by Crippen LogP contribution is 2.28. The van der Waals surface area contributed by atoms with E-state index < -0.39 is 10.8 Å². The van der Waals surface area contributed by atoms with Gasteiger partial charge in [-0.25, -0.2) is 0 Å². The predicted molar refractivity (Wildman–Crippen MR) is 116 cm³/mol. The summed E-state index contributed by atoms with van der Waals surface area (Å²) in [6.45, 7) is 11.0. The van der Waals surface area contributed by atoms with Crippen LogP contribution in [0.3, 0.4) is 0 Å². The molecular formula is C22H28BN2O4. The van der Waals surface area contributed by atoms with Crippen molar-refractivity contribution in [1.29, 1.82) is 0 Å². The number of benzene rings is 2. The standard InChI is InChI=1S/C22H28BN2O4/c1-21(2,3)19(26)24-15-11-7-9-13-17(15)28-23-29-18-14-10-8-12-16(18)25-20(27)22(4,5)6/h7-14H,1-6H3,(H,24,26)(H,25,27). The molecule has 153 valence electrons. The number of carbonyl (C=O) groups excluding carboxylic acids is 2. The van der Waals surface area contributed by atoms with E-state index in [1.165, 1.54) is 7.69 Å². The van der Waals surface area contributed by atoms with Crippen LogP contribution >= 0.6 is 0 Å². The largest absolute Gasteiger partial charge is 0.658 e. The maximum atomic E-state index is 12.3. The third kappa shape index (κ3) is 6.56. The lowest BCUT2D eigenvalue weighted by Crippen LogP contribution is -2.28. The van der Waals surface area contributed by atoms with Crippen molar-refractivity contribution in [3.05, 3.63) is 48.5 Å². The van der Waals surface area contributed by atoms with E-state index in [0.717, 1.165) is 0 Å². The molecule has 6 nitrogen and oxygen atoms in total. The van der Waals surface area contributed by atoms with E-state index in [1.54, 1.807) is 36.4 Å². The van der Waals surface area contributed by atoms with Gasteiger partial charge in [0.05, 0.1) is 11.4 Å². The van der Waals surface area contributed by atoms with E-state index in [1.807, 2.05) is 53.7 Å². The van der Waals surface area contributed by atoms with Gasteiger partial charge in [-0.1, -0.05) is 65.8 Å². The highest BCUT2D eigenvalue weighted by atomic mass is 16.6. The summed E-state index contributed by atoms with van der Waals surface area (Å²) < 4.78 is 11.2. The van der Waals surface area contributed by atoms with Gasteiger partial charge < -0.3 is 19.9 Å². The third-order valence-corrected chi connectivity index (χ3v) is 3.98. The molecule has 0 unspecified atom stereocenters. The average Bonchev–Trinajstić information content (AvgIpc) is 2.63. The molecular weight excluding hydrogens is 367 g/mol. The Morgan fingerprint density at radius 3 is 1.38 bits per heavy atom. The Labute approximate surface area is 173 Å². The summed E-state index contributed by atoms with van der Waals surface area (Å²) >= 11 is 0. The first-order valence-corrected chi connectivity index (χ1v) is 9.44. The summed E-state index contributed by atoms with van der Waals surface area (Å²) in [6.07, 6.45) is 0. The topological polar surface area (TPSA) is 76.7 Å². The maximum absolute atomic E-state index is 12.3. The molecule has 0 aliphatic rings. The molecule has 1 radical (unpaired) electrons. The fourth-order valence-electron chi connectivity index (χ4n) is 2.09. The summed E-state index contributed by atoms with van der Waals surface area (Å²) in [5.41, 5.74) is 0.0258. The second kappa shape index (κ2) is 9.03. The molecule has 0 heterocycles. The predicted octanol–water partition coefficient (Wildman–Crippen LogP) is 4.65. The number of amides is 2. The van der Waals surface area contributed by atoms with Crippen LogP contribution in [0.15, 0.2) is 48.5 Å². The second-order valence-electron chi connectivity index (χ2n) is 8.73. The molecule has 0 saturated carbocycles. The van der Waals surface area contributed by atoms with Crippen molar-refractivity contribution in [1.82, 2.24) is 0 Å². The van der Waals surface area contributed by atoms with Crippen LogP contribution in [0, 0.1) is 10.8 Å². The van der Waals surface area contributed by atoms with Gasteiger partial charge >= 0.3 is 7.69 Å². The summed E-state index contributed by atoms with van der Waals surface area (Å²) in [6, 6.07) is 14.2. The Balaban J connectivity index is 2.05. The van der Waals surface area contributed by atoms with Gasteiger partial charge in [0.1, 0.15) is 11.5 Å². The van der Waals surface area contributed by atoms with E-state index in [-0.39, 0.29) is 11.8 Å². The van der Waals surface area contributed by atoms with Crippen LogP contribution in [0.25, 0.3) is 0 Å². The van der Waals surface area contributed by atoms with Crippen molar-refractivity contribution in [2.45, 2.75) is 41.5 Å². The van der Waals surface area contributed by atoms with Crippen molar-refractivity contribution in [3.8, 4) is 11.5 Å². The summed E-state index contributed by atoms with van der Waals surface area (Å²) in [7, 11) is 1.17. The van der Waals surface area contributed by atoms with Gasteiger partial charge in [-0.2, -0.15) is 0 Å². The molecule has 0 aliphatic heterocycles. The van der Waals surface area contributed by atoms with Gasteiger partial charge in [0.15, 0.2) is 0 Å². The first-order valence-electron chi connectivity index (χ1n) is 9.44. The van der Waals surface area contributed by atoms with Gasteiger partial charge in [-0.15, -0.1) is 0 Å². The number of rotatable bonds is 6. The van der Waals surface area contributed by atoms with E-state index >= 15 is 0 Å². The van der Waals surface area contributed by atoms with Crippen molar-refractivity contribution in [3.63, 3.8) is 0 Å². The number of carbonyl (C=O) groups is 2. The van der Waals surface area contributed by atoms with Crippen LogP contribution in [0.2, 0.25) is 0 Å². The summed E-state index contributed by atoms with van der Waals surface area (Å²) in [5, 5.41) is 5.71. The minimum Gasteiger partial charge on any atom is -0.525 e. The van der Waals surface area contributed by atoms with Crippen LogP contribution in [0.5, 0.6) is 11.5 Å². The molecule has 0 aliphatic carbocycles. The van der Waals surface area contributed by atoms with Crippen LogP contribution in [-0.2, 0) is 9.59 Å². The minimum atomic E-state index is -0.530. The SMILES string of the molecule is CC(C)(C)C(=O)Nc1ccccc1O[B]Oc1ccccc1NC(=O)C(C)(C)C. The molecule has 0 saturated heterocycles. The fraction of sp³-hybridized carbons (Fsp3) is 0.364. The molecule has 0 atom stereocenters. The Morgan fingerprint density at radius 2 is 1.03 bits per heavy atom. The molecule has 2 amide bonds. The van der Waals surface area contributed by atoms with E-state index in [0.29, 0.717) is 22.9 Å². The fourth-order valence-corrected chi connectivity index (χ4v) is 2.09. The molecule has 2 aromatic carbocycles. The number of nitrogens with one attached hydrogen (secondary N) is 2. The second-order valence-corrected chi connectivity index (χ2v) is 8.73. The van der Waals surface area contributed by atoms with Gasteiger partial charge in [-0.3, -0.25) is 9.59 Å². The lowest BCUT2D eigenvalue weighted by atomic mass is 9.95. The Morgan fingerprint density at radius 1 is 0.690 bits per heavy atom. The highest BCUT2D eigenvalue weighted by molar-refractivity contribution is 6.21. The number of hydrogen-bond acceptors (Lipinski definition) is 4. The van der Waals surface area contributed by atoms with Gasteiger partial charge in [-0.05, 0) is 24.3 Å².